The first-order valence-corrected chi connectivity index (χ1v) is 11.1. The first-order valence-electron chi connectivity index (χ1n) is 9.29. The Labute approximate surface area is 162 Å². The maximum absolute atomic E-state index is 12.0. The summed E-state index contributed by atoms with van der Waals surface area (Å²) in [5.41, 5.74) is 0.784. The van der Waals surface area contributed by atoms with E-state index >= 15 is 0 Å². The molecule has 2 N–H and O–H groups in total. The molecule has 7 nitrogen and oxygen atoms in total. The SMILES string of the molecule is CCCCCC(O)CCCN(Cc1ccc(OCC(=O)O)cc1)S(C)(=O)=O. The van der Waals surface area contributed by atoms with Gasteiger partial charge >= 0.3 is 5.97 Å². The Morgan fingerprint density at radius 1 is 1.15 bits per heavy atom. The molecule has 0 fully saturated rings. The van der Waals surface area contributed by atoms with Gasteiger partial charge in [0.05, 0.1) is 12.4 Å². The van der Waals surface area contributed by atoms with Crippen molar-refractivity contribution in [1.29, 1.82) is 0 Å². The van der Waals surface area contributed by atoms with Crippen molar-refractivity contribution in [3.8, 4) is 5.75 Å². The summed E-state index contributed by atoms with van der Waals surface area (Å²) in [6.07, 6.45) is 5.91. The zero-order valence-corrected chi connectivity index (χ0v) is 17.0. The highest BCUT2D eigenvalue weighted by molar-refractivity contribution is 7.88. The molecule has 0 saturated heterocycles. The van der Waals surface area contributed by atoms with E-state index in [2.05, 4.69) is 6.92 Å². The van der Waals surface area contributed by atoms with Crippen LogP contribution in [0.2, 0.25) is 0 Å². The highest BCUT2D eigenvalue weighted by Gasteiger charge is 2.17. The van der Waals surface area contributed by atoms with Crippen molar-refractivity contribution >= 4 is 16.0 Å². The molecule has 27 heavy (non-hydrogen) atoms. The Morgan fingerprint density at radius 3 is 2.33 bits per heavy atom. The van der Waals surface area contributed by atoms with Gasteiger partial charge in [0.2, 0.25) is 10.0 Å². The number of rotatable bonds is 14. The summed E-state index contributed by atoms with van der Waals surface area (Å²) >= 11 is 0. The number of sulfonamides is 1. The maximum atomic E-state index is 12.0. The van der Waals surface area contributed by atoms with Gasteiger partial charge in [0.25, 0.3) is 0 Å². The molecule has 0 amide bonds. The molecule has 1 aromatic carbocycles. The van der Waals surface area contributed by atoms with Gasteiger partial charge in [-0.3, -0.25) is 0 Å². The number of hydrogen-bond donors (Lipinski definition) is 2. The topological polar surface area (TPSA) is 104 Å². The van der Waals surface area contributed by atoms with Gasteiger partial charge in [-0.15, -0.1) is 0 Å². The standard InChI is InChI=1S/C19H31NO6S/c1-3-4-5-7-17(21)8-6-13-20(27(2,24)25)14-16-9-11-18(12-10-16)26-15-19(22)23/h9-12,17,21H,3-8,13-15H2,1-2H3,(H,22,23). The summed E-state index contributed by atoms with van der Waals surface area (Å²) in [4.78, 5) is 10.5. The molecule has 0 aliphatic rings. The lowest BCUT2D eigenvalue weighted by Gasteiger charge is -2.21. The fraction of sp³-hybridized carbons (Fsp3) is 0.632. The van der Waals surface area contributed by atoms with Crippen LogP contribution in [0, 0.1) is 0 Å². The van der Waals surface area contributed by atoms with Crippen LogP contribution in [0.5, 0.6) is 5.75 Å². The minimum atomic E-state index is -3.37. The van der Waals surface area contributed by atoms with Crippen molar-refractivity contribution in [3.63, 3.8) is 0 Å². The van der Waals surface area contributed by atoms with Gasteiger partial charge in [0.1, 0.15) is 5.75 Å². The van der Waals surface area contributed by atoms with Gasteiger partial charge < -0.3 is 14.9 Å². The number of hydrogen-bond acceptors (Lipinski definition) is 5. The zero-order chi connectivity index (χ0) is 20.3. The second-order valence-corrected chi connectivity index (χ2v) is 8.70. The summed E-state index contributed by atoms with van der Waals surface area (Å²) in [5, 5.41) is 18.6. The first-order chi connectivity index (χ1) is 12.7. The second kappa shape index (κ2) is 11.9. The number of benzene rings is 1. The number of aliphatic carboxylic acids is 1. The predicted octanol–water partition coefficient (Wildman–Crippen LogP) is 2.63. The fourth-order valence-corrected chi connectivity index (χ4v) is 3.52. The van der Waals surface area contributed by atoms with E-state index in [0.29, 0.717) is 25.1 Å². The monoisotopic (exact) mass is 401 g/mol. The summed E-state index contributed by atoms with van der Waals surface area (Å²) in [6.45, 7) is 2.27. The molecule has 0 radical (unpaired) electrons. The molecular formula is C19H31NO6S. The highest BCUT2D eigenvalue weighted by atomic mass is 32.2. The largest absolute Gasteiger partial charge is 0.482 e. The Bertz CT molecular complexity index is 659. The van der Waals surface area contributed by atoms with Crippen LogP contribution in [0.1, 0.15) is 51.0 Å². The summed E-state index contributed by atoms with van der Waals surface area (Å²) in [6, 6.07) is 6.68. The van der Waals surface area contributed by atoms with E-state index in [9.17, 15) is 18.3 Å². The zero-order valence-electron chi connectivity index (χ0n) is 16.1. The van der Waals surface area contributed by atoms with Crippen LogP contribution in [0.25, 0.3) is 0 Å². The van der Waals surface area contributed by atoms with Gasteiger partial charge in [-0.1, -0.05) is 38.3 Å². The molecule has 1 unspecified atom stereocenters. The van der Waals surface area contributed by atoms with E-state index in [-0.39, 0.29) is 12.6 Å². The summed E-state index contributed by atoms with van der Waals surface area (Å²) < 4.78 is 30.5. The summed E-state index contributed by atoms with van der Waals surface area (Å²) in [5.74, 6) is -0.638. The number of ether oxygens (including phenoxy) is 1. The van der Waals surface area contributed by atoms with Crippen molar-refractivity contribution in [3.05, 3.63) is 29.8 Å². The van der Waals surface area contributed by atoms with Crippen molar-refractivity contribution in [2.75, 3.05) is 19.4 Å². The van der Waals surface area contributed by atoms with E-state index in [1.54, 1.807) is 24.3 Å². The van der Waals surface area contributed by atoms with Crippen molar-refractivity contribution in [2.45, 2.75) is 58.1 Å². The van der Waals surface area contributed by atoms with Crippen LogP contribution in [-0.2, 0) is 21.4 Å². The Morgan fingerprint density at radius 2 is 1.78 bits per heavy atom. The molecule has 0 bridgehead atoms. The van der Waals surface area contributed by atoms with Crippen molar-refractivity contribution < 1.29 is 28.2 Å². The highest BCUT2D eigenvalue weighted by Crippen LogP contribution is 2.16. The number of carboxylic acid groups (broad SMARTS) is 1. The molecule has 1 aromatic rings. The van der Waals surface area contributed by atoms with Gasteiger partial charge in [0.15, 0.2) is 6.61 Å². The lowest BCUT2D eigenvalue weighted by Crippen LogP contribution is -2.31. The molecule has 154 valence electrons. The third kappa shape index (κ3) is 10.3. The van der Waals surface area contributed by atoms with Crippen molar-refractivity contribution in [2.24, 2.45) is 0 Å². The molecular weight excluding hydrogens is 370 g/mol. The molecule has 0 aromatic heterocycles. The number of aliphatic hydroxyl groups is 1. The molecule has 0 spiro atoms. The van der Waals surface area contributed by atoms with Crippen LogP contribution in [0.4, 0.5) is 0 Å². The molecule has 0 saturated carbocycles. The number of carbonyl (C=O) groups is 1. The predicted molar refractivity (Wildman–Crippen MR) is 104 cm³/mol. The number of aliphatic hydroxyl groups excluding tert-OH is 1. The maximum Gasteiger partial charge on any atom is 0.341 e. The van der Waals surface area contributed by atoms with Crippen LogP contribution in [0.15, 0.2) is 24.3 Å². The van der Waals surface area contributed by atoms with Crippen molar-refractivity contribution in [1.82, 2.24) is 4.31 Å². The lowest BCUT2D eigenvalue weighted by molar-refractivity contribution is -0.139. The van der Waals surface area contributed by atoms with Gasteiger partial charge in [0, 0.05) is 13.1 Å². The van der Waals surface area contributed by atoms with Gasteiger partial charge in [-0.2, -0.15) is 4.31 Å². The molecule has 0 aliphatic heterocycles. The molecule has 1 atom stereocenters. The van der Waals surface area contributed by atoms with Crippen LogP contribution in [-0.4, -0.2) is 54.4 Å². The average molecular weight is 402 g/mol. The van der Waals surface area contributed by atoms with E-state index in [1.807, 2.05) is 0 Å². The van der Waals surface area contributed by atoms with Gasteiger partial charge in [-0.05, 0) is 37.0 Å². The molecule has 0 heterocycles. The number of carboxylic acids is 1. The average Bonchev–Trinajstić information content (AvgIpc) is 2.59. The van der Waals surface area contributed by atoms with Gasteiger partial charge in [-0.25, -0.2) is 13.2 Å². The summed E-state index contributed by atoms with van der Waals surface area (Å²) in [7, 11) is -3.37. The first kappa shape index (κ1) is 23.4. The van der Waals surface area contributed by atoms with E-state index in [1.165, 1.54) is 10.6 Å². The van der Waals surface area contributed by atoms with E-state index in [4.69, 9.17) is 9.84 Å². The third-order valence-electron chi connectivity index (χ3n) is 4.20. The van der Waals surface area contributed by atoms with Crippen LogP contribution >= 0.6 is 0 Å². The number of nitrogens with zero attached hydrogens (tertiary/aromatic N) is 1. The van der Waals surface area contributed by atoms with Crippen LogP contribution in [0.3, 0.4) is 0 Å². The Hall–Kier alpha value is -1.64. The quantitative estimate of drug-likeness (QED) is 0.465. The molecule has 0 aliphatic carbocycles. The lowest BCUT2D eigenvalue weighted by atomic mass is 10.1. The minimum Gasteiger partial charge on any atom is -0.482 e. The second-order valence-electron chi connectivity index (χ2n) is 6.71. The minimum absolute atomic E-state index is 0.226. The van der Waals surface area contributed by atoms with E-state index < -0.39 is 22.6 Å². The molecule has 1 rings (SSSR count). The Balaban J connectivity index is 2.54. The normalized spacial score (nSPS) is 12.9. The smallest absolute Gasteiger partial charge is 0.341 e. The third-order valence-corrected chi connectivity index (χ3v) is 5.45. The number of unbranched alkanes of at least 4 members (excludes halogenated alkanes) is 2. The Kier molecular flexibility index (Phi) is 10.4. The van der Waals surface area contributed by atoms with Crippen LogP contribution < -0.4 is 4.74 Å². The molecule has 8 heteroatoms. The van der Waals surface area contributed by atoms with E-state index in [0.717, 1.165) is 31.2 Å². The fourth-order valence-electron chi connectivity index (χ4n) is 2.68.